The van der Waals surface area contributed by atoms with E-state index in [1.54, 1.807) is 24.9 Å². The molecule has 0 fully saturated rings. The van der Waals surface area contributed by atoms with Crippen molar-refractivity contribution in [2.24, 2.45) is 5.92 Å². The highest BCUT2D eigenvalue weighted by atomic mass is 32.2. The molecule has 2 aliphatic rings. The van der Waals surface area contributed by atoms with Gasteiger partial charge in [0.1, 0.15) is 5.92 Å². The Balaban J connectivity index is 1.86. The number of carbonyl (C=O) groups is 3. The fourth-order valence-electron chi connectivity index (χ4n) is 2.56. The molecule has 2 aliphatic heterocycles. The zero-order valence-electron chi connectivity index (χ0n) is 13.4. The second kappa shape index (κ2) is 6.45. The number of imide groups is 1. The van der Waals surface area contributed by atoms with Gasteiger partial charge < -0.3 is 5.32 Å². The number of nitrogens with one attached hydrogen (secondary N) is 1. The van der Waals surface area contributed by atoms with Crippen LogP contribution in [0, 0.1) is 5.92 Å². The molecule has 0 bridgehead atoms. The number of para-hydroxylation sites is 1. The highest BCUT2D eigenvalue weighted by Gasteiger charge is 2.48. The zero-order chi connectivity index (χ0) is 17.4. The molecule has 8 heteroatoms. The highest BCUT2D eigenvalue weighted by molar-refractivity contribution is 8.18. The van der Waals surface area contributed by atoms with E-state index in [1.807, 2.05) is 30.5 Å². The van der Waals surface area contributed by atoms with Crippen LogP contribution in [-0.2, 0) is 9.59 Å². The van der Waals surface area contributed by atoms with Crippen molar-refractivity contribution in [3.8, 4) is 0 Å². The SMILES string of the molecule is CSc1ccccc1NC(=O)C1=CC2C(=O)N(C)C(=O)[N+](C)=C2S1. The third-order valence-electron chi connectivity index (χ3n) is 3.88. The lowest BCUT2D eigenvalue weighted by atomic mass is 10.1. The fraction of sp³-hybridized carbons (Fsp3) is 0.250. The van der Waals surface area contributed by atoms with Crippen LogP contribution in [0.1, 0.15) is 0 Å². The quantitative estimate of drug-likeness (QED) is 0.660. The Morgan fingerprint density at radius 2 is 2.04 bits per heavy atom. The van der Waals surface area contributed by atoms with Crippen molar-refractivity contribution < 1.29 is 19.0 Å². The molecule has 24 heavy (non-hydrogen) atoms. The van der Waals surface area contributed by atoms with E-state index in [9.17, 15) is 14.4 Å². The van der Waals surface area contributed by atoms with Gasteiger partial charge in [-0.25, -0.2) is 4.79 Å². The second-order valence-electron chi connectivity index (χ2n) is 5.34. The first-order valence-electron chi connectivity index (χ1n) is 7.20. The third-order valence-corrected chi connectivity index (χ3v) is 5.95. The van der Waals surface area contributed by atoms with Crippen LogP contribution in [0.3, 0.4) is 0 Å². The number of fused-ring (bicyclic) bond motifs is 1. The lowest BCUT2D eigenvalue weighted by molar-refractivity contribution is -0.403. The monoisotopic (exact) mass is 362 g/mol. The number of hydrogen-bond donors (Lipinski definition) is 1. The summed E-state index contributed by atoms with van der Waals surface area (Å²) in [6, 6.07) is 7.13. The number of nitrogens with zero attached hydrogens (tertiary/aromatic N) is 2. The van der Waals surface area contributed by atoms with Gasteiger partial charge in [0.2, 0.25) is 0 Å². The van der Waals surface area contributed by atoms with E-state index < -0.39 is 5.92 Å². The lowest BCUT2D eigenvalue weighted by Crippen LogP contribution is -2.49. The molecular weight excluding hydrogens is 346 g/mol. The Morgan fingerprint density at radius 1 is 1.33 bits per heavy atom. The van der Waals surface area contributed by atoms with Crippen LogP contribution in [0.25, 0.3) is 0 Å². The molecule has 2 heterocycles. The van der Waals surface area contributed by atoms with Gasteiger partial charge in [0.15, 0.2) is 5.04 Å². The standard InChI is InChI=1S/C16H15N3O3S2/c1-18-14(21)9-8-12(24-15(9)19(2)16(18)22)13(20)17-10-6-4-5-7-11(10)23-3/h4-9H,1-3H3/p+1. The van der Waals surface area contributed by atoms with Gasteiger partial charge in [-0.05, 0) is 36.2 Å². The van der Waals surface area contributed by atoms with Gasteiger partial charge in [-0.2, -0.15) is 14.3 Å². The summed E-state index contributed by atoms with van der Waals surface area (Å²) in [5.41, 5.74) is 0.726. The number of carbonyl (C=O) groups excluding carboxylic acids is 3. The van der Waals surface area contributed by atoms with Crippen molar-refractivity contribution >= 4 is 52.1 Å². The minimum absolute atomic E-state index is 0.278. The summed E-state index contributed by atoms with van der Waals surface area (Å²) in [5.74, 6) is -1.16. The molecule has 0 radical (unpaired) electrons. The van der Waals surface area contributed by atoms with E-state index in [-0.39, 0.29) is 17.8 Å². The number of benzene rings is 1. The molecule has 0 saturated carbocycles. The first-order chi connectivity index (χ1) is 11.4. The highest BCUT2D eigenvalue weighted by Crippen LogP contribution is 2.36. The van der Waals surface area contributed by atoms with Crippen molar-refractivity contribution in [1.29, 1.82) is 0 Å². The van der Waals surface area contributed by atoms with Crippen LogP contribution in [0.4, 0.5) is 10.5 Å². The minimum atomic E-state index is -0.570. The molecule has 0 saturated heterocycles. The first-order valence-corrected chi connectivity index (χ1v) is 9.24. The summed E-state index contributed by atoms with van der Waals surface area (Å²) < 4.78 is 1.42. The van der Waals surface area contributed by atoms with E-state index in [4.69, 9.17) is 0 Å². The van der Waals surface area contributed by atoms with Gasteiger partial charge in [-0.3, -0.25) is 4.79 Å². The van der Waals surface area contributed by atoms with Gasteiger partial charge in [-0.15, -0.1) is 11.8 Å². The maximum Gasteiger partial charge on any atom is 0.500 e. The van der Waals surface area contributed by atoms with Crippen molar-refractivity contribution in [2.45, 2.75) is 4.90 Å². The minimum Gasteiger partial charge on any atom is -0.321 e. The number of thioether (sulfide) groups is 2. The van der Waals surface area contributed by atoms with E-state index in [1.165, 1.54) is 23.4 Å². The van der Waals surface area contributed by atoms with E-state index in [0.29, 0.717) is 9.95 Å². The number of urea groups is 1. The number of rotatable bonds is 3. The largest absolute Gasteiger partial charge is 0.500 e. The van der Waals surface area contributed by atoms with Gasteiger partial charge >= 0.3 is 11.9 Å². The molecule has 1 N–H and O–H groups in total. The van der Waals surface area contributed by atoms with Crippen LogP contribution < -0.4 is 5.32 Å². The molecule has 0 spiro atoms. The average molecular weight is 362 g/mol. The van der Waals surface area contributed by atoms with Crippen LogP contribution in [-0.4, -0.2) is 52.7 Å². The molecule has 0 aromatic heterocycles. The van der Waals surface area contributed by atoms with Crippen LogP contribution >= 0.6 is 23.5 Å². The summed E-state index contributed by atoms with van der Waals surface area (Å²) in [6.07, 6.45) is 3.56. The van der Waals surface area contributed by atoms with Gasteiger partial charge in [-0.1, -0.05) is 12.1 Å². The van der Waals surface area contributed by atoms with Crippen molar-refractivity contribution in [3.05, 3.63) is 35.2 Å². The molecule has 1 atom stereocenters. The molecular formula is C16H16N3O3S2+. The predicted molar refractivity (Wildman–Crippen MR) is 95.4 cm³/mol. The normalized spacial score (nSPS) is 20.2. The smallest absolute Gasteiger partial charge is 0.321 e. The van der Waals surface area contributed by atoms with E-state index in [0.717, 1.165) is 15.5 Å². The van der Waals surface area contributed by atoms with Crippen molar-refractivity contribution in [1.82, 2.24) is 4.90 Å². The van der Waals surface area contributed by atoms with Gasteiger partial charge in [0, 0.05) is 4.90 Å². The molecule has 3 rings (SSSR count). The van der Waals surface area contributed by atoms with Crippen LogP contribution in [0.2, 0.25) is 0 Å². The zero-order valence-corrected chi connectivity index (χ0v) is 15.0. The average Bonchev–Trinajstić information content (AvgIpc) is 3.04. The van der Waals surface area contributed by atoms with Gasteiger partial charge in [0.05, 0.1) is 24.7 Å². The lowest BCUT2D eigenvalue weighted by Gasteiger charge is -2.18. The third kappa shape index (κ3) is 2.76. The fourth-order valence-corrected chi connectivity index (χ4v) is 4.20. The molecule has 4 amide bonds. The molecule has 1 aromatic carbocycles. The summed E-state index contributed by atoms with van der Waals surface area (Å²) in [4.78, 5) is 39.3. The van der Waals surface area contributed by atoms with Crippen molar-refractivity contribution in [2.75, 3.05) is 25.7 Å². The number of amides is 4. The van der Waals surface area contributed by atoms with Crippen LogP contribution in [0.15, 0.2) is 40.1 Å². The van der Waals surface area contributed by atoms with E-state index >= 15 is 0 Å². The number of anilines is 1. The van der Waals surface area contributed by atoms with Crippen LogP contribution in [0.5, 0.6) is 0 Å². The maximum atomic E-state index is 12.6. The van der Waals surface area contributed by atoms with Gasteiger partial charge in [0.25, 0.3) is 5.91 Å². The Hall–Kier alpha value is -2.06. The summed E-state index contributed by atoms with van der Waals surface area (Å²) >= 11 is 2.71. The topological polar surface area (TPSA) is 69.5 Å². The second-order valence-corrected chi connectivity index (χ2v) is 7.25. The predicted octanol–water partition coefficient (Wildman–Crippen LogP) is 2.23. The molecule has 0 aliphatic carbocycles. The summed E-state index contributed by atoms with van der Waals surface area (Å²) in [5, 5.41) is 3.45. The maximum absolute atomic E-state index is 12.6. The Bertz CT molecular complexity index is 817. The first kappa shape index (κ1) is 16.8. The summed E-state index contributed by atoms with van der Waals surface area (Å²) in [6.45, 7) is 0. The van der Waals surface area contributed by atoms with Crippen molar-refractivity contribution in [3.63, 3.8) is 0 Å². The van der Waals surface area contributed by atoms with E-state index in [2.05, 4.69) is 5.32 Å². The molecule has 6 nitrogen and oxygen atoms in total. The number of hydrogen-bond acceptors (Lipinski definition) is 5. The Morgan fingerprint density at radius 3 is 2.75 bits per heavy atom. The molecule has 124 valence electrons. The Labute approximate surface area is 148 Å². The molecule has 1 unspecified atom stereocenters. The molecule has 1 aromatic rings. The Kier molecular flexibility index (Phi) is 4.51. The summed E-state index contributed by atoms with van der Waals surface area (Å²) in [7, 11) is 3.06.